The molecule has 0 aliphatic carbocycles. The third-order valence-corrected chi connectivity index (χ3v) is 4.96. The van der Waals surface area contributed by atoms with Gasteiger partial charge in [0, 0.05) is 42.3 Å². The van der Waals surface area contributed by atoms with Crippen molar-refractivity contribution in [1.82, 2.24) is 24.5 Å². The van der Waals surface area contributed by atoms with E-state index in [9.17, 15) is 14.9 Å². The Kier molecular flexibility index (Phi) is 3.91. The van der Waals surface area contributed by atoms with E-state index in [0.717, 1.165) is 4.47 Å². The summed E-state index contributed by atoms with van der Waals surface area (Å²) in [5.41, 5.74) is 2.19. The Morgan fingerprint density at radius 3 is 2.96 bits per heavy atom. The van der Waals surface area contributed by atoms with Gasteiger partial charge in [-0.2, -0.15) is 5.10 Å². The SMILES string of the molecule is CC1c2cncc([N+](=O)[O-])c2CCN1C(=O)c1cc2ncc(Br)cn2n1. The van der Waals surface area contributed by atoms with Crippen molar-refractivity contribution in [2.45, 2.75) is 19.4 Å². The van der Waals surface area contributed by atoms with Crippen LogP contribution in [0.3, 0.4) is 0 Å². The van der Waals surface area contributed by atoms with Gasteiger partial charge in [-0.15, -0.1) is 0 Å². The first-order valence-corrected chi connectivity index (χ1v) is 8.68. The smallest absolute Gasteiger partial charge is 0.291 e. The molecule has 10 heteroatoms. The molecule has 0 radical (unpaired) electrons. The van der Waals surface area contributed by atoms with Gasteiger partial charge in [0.15, 0.2) is 11.3 Å². The maximum Gasteiger partial charge on any atom is 0.291 e. The number of amides is 1. The van der Waals surface area contributed by atoms with E-state index in [1.807, 2.05) is 6.92 Å². The average molecular weight is 417 g/mol. The van der Waals surface area contributed by atoms with Crippen molar-refractivity contribution in [3.63, 3.8) is 0 Å². The molecule has 0 aromatic carbocycles. The lowest BCUT2D eigenvalue weighted by Crippen LogP contribution is -2.39. The van der Waals surface area contributed by atoms with E-state index in [-0.39, 0.29) is 23.3 Å². The fourth-order valence-electron chi connectivity index (χ4n) is 3.26. The van der Waals surface area contributed by atoms with Crippen molar-refractivity contribution in [3.8, 4) is 0 Å². The summed E-state index contributed by atoms with van der Waals surface area (Å²) >= 11 is 3.32. The molecule has 0 N–H and O–H groups in total. The molecular weight excluding hydrogens is 404 g/mol. The second kappa shape index (κ2) is 6.13. The first kappa shape index (κ1) is 16.6. The lowest BCUT2D eigenvalue weighted by atomic mass is 9.94. The van der Waals surface area contributed by atoms with Gasteiger partial charge in [-0.3, -0.25) is 19.9 Å². The molecule has 0 saturated carbocycles. The van der Waals surface area contributed by atoms with Crippen molar-refractivity contribution in [3.05, 3.63) is 62.3 Å². The zero-order valence-electron chi connectivity index (χ0n) is 13.7. The van der Waals surface area contributed by atoms with Crippen LogP contribution in [0.5, 0.6) is 0 Å². The molecule has 1 atom stereocenters. The summed E-state index contributed by atoms with van der Waals surface area (Å²) in [7, 11) is 0. The summed E-state index contributed by atoms with van der Waals surface area (Å²) in [5, 5.41) is 15.5. The van der Waals surface area contributed by atoms with Crippen LogP contribution in [0.25, 0.3) is 5.65 Å². The lowest BCUT2D eigenvalue weighted by molar-refractivity contribution is -0.386. The largest absolute Gasteiger partial charge is 0.330 e. The van der Waals surface area contributed by atoms with Gasteiger partial charge in [0.25, 0.3) is 11.6 Å². The average Bonchev–Trinajstić information content (AvgIpc) is 3.04. The van der Waals surface area contributed by atoms with Crippen LogP contribution in [0.4, 0.5) is 5.69 Å². The number of nitro groups is 1. The van der Waals surface area contributed by atoms with Gasteiger partial charge in [0.05, 0.1) is 15.4 Å². The summed E-state index contributed by atoms with van der Waals surface area (Å²) in [6.07, 6.45) is 6.61. The van der Waals surface area contributed by atoms with E-state index in [0.29, 0.717) is 29.7 Å². The quantitative estimate of drug-likeness (QED) is 0.469. The van der Waals surface area contributed by atoms with Crippen LogP contribution in [0.1, 0.15) is 34.6 Å². The van der Waals surface area contributed by atoms with Crippen LogP contribution in [-0.2, 0) is 6.42 Å². The number of halogens is 1. The number of nitrogens with zero attached hydrogens (tertiary/aromatic N) is 6. The number of carbonyl (C=O) groups excluding carboxylic acids is 1. The third kappa shape index (κ3) is 2.62. The summed E-state index contributed by atoms with van der Waals surface area (Å²) in [6, 6.07) is 1.30. The van der Waals surface area contributed by atoms with Crippen molar-refractivity contribution in [2.24, 2.45) is 0 Å². The Morgan fingerprint density at radius 2 is 2.19 bits per heavy atom. The van der Waals surface area contributed by atoms with Gasteiger partial charge in [0.1, 0.15) is 6.20 Å². The summed E-state index contributed by atoms with van der Waals surface area (Å²) in [4.78, 5) is 33.6. The van der Waals surface area contributed by atoms with Gasteiger partial charge in [0.2, 0.25) is 0 Å². The van der Waals surface area contributed by atoms with E-state index in [1.54, 1.807) is 29.6 Å². The number of aromatic nitrogens is 4. The molecule has 1 aliphatic heterocycles. The Labute approximate surface area is 155 Å². The van der Waals surface area contributed by atoms with Crippen LogP contribution >= 0.6 is 15.9 Å². The molecule has 1 amide bonds. The minimum Gasteiger partial charge on any atom is -0.330 e. The maximum absolute atomic E-state index is 12.9. The fourth-order valence-corrected chi connectivity index (χ4v) is 3.55. The minimum atomic E-state index is -0.429. The van der Waals surface area contributed by atoms with Crippen molar-refractivity contribution >= 4 is 33.2 Å². The monoisotopic (exact) mass is 416 g/mol. The van der Waals surface area contributed by atoms with Gasteiger partial charge in [-0.05, 0) is 29.3 Å². The molecule has 3 aromatic heterocycles. The van der Waals surface area contributed by atoms with E-state index in [2.05, 4.69) is 31.0 Å². The van der Waals surface area contributed by atoms with Crippen LogP contribution < -0.4 is 0 Å². The molecule has 0 fully saturated rings. The highest BCUT2D eigenvalue weighted by Crippen LogP contribution is 2.34. The Morgan fingerprint density at radius 1 is 1.38 bits per heavy atom. The molecule has 3 aromatic rings. The highest BCUT2D eigenvalue weighted by atomic mass is 79.9. The number of carbonyl (C=O) groups is 1. The summed E-state index contributed by atoms with van der Waals surface area (Å²) in [6.45, 7) is 2.22. The normalized spacial score (nSPS) is 16.5. The predicted molar refractivity (Wildman–Crippen MR) is 94.7 cm³/mol. The van der Waals surface area contributed by atoms with Gasteiger partial charge in [-0.1, -0.05) is 0 Å². The number of fused-ring (bicyclic) bond motifs is 2. The highest BCUT2D eigenvalue weighted by Gasteiger charge is 2.33. The number of pyridine rings is 1. The van der Waals surface area contributed by atoms with Crippen LogP contribution in [-0.4, -0.2) is 41.9 Å². The molecule has 132 valence electrons. The molecule has 0 bridgehead atoms. The lowest BCUT2D eigenvalue weighted by Gasteiger charge is -2.34. The van der Waals surface area contributed by atoms with Crippen LogP contribution in [0.2, 0.25) is 0 Å². The fraction of sp³-hybridized carbons (Fsp3) is 0.250. The zero-order valence-corrected chi connectivity index (χ0v) is 15.3. The minimum absolute atomic E-state index is 0.00299. The molecule has 4 heterocycles. The highest BCUT2D eigenvalue weighted by molar-refractivity contribution is 9.10. The van der Waals surface area contributed by atoms with E-state index in [1.165, 1.54) is 10.7 Å². The molecule has 9 nitrogen and oxygen atoms in total. The predicted octanol–water partition coefficient (Wildman–Crippen LogP) is 2.55. The molecule has 1 unspecified atom stereocenters. The Bertz CT molecular complexity index is 1050. The van der Waals surface area contributed by atoms with Crippen molar-refractivity contribution in [2.75, 3.05) is 6.54 Å². The second-order valence-corrected chi connectivity index (χ2v) is 6.93. The topological polar surface area (TPSA) is 107 Å². The van der Waals surface area contributed by atoms with Crippen LogP contribution in [0, 0.1) is 10.1 Å². The number of rotatable bonds is 2. The summed E-state index contributed by atoms with van der Waals surface area (Å²) in [5.74, 6) is -0.240. The van der Waals surface area contributed by atoms with E-state index >= 15 is 0 Å². The Balaban J connectivity index is 1.69. The molecule has 4 rings (SSSR count). The Hall–Kier alpha value is -2.88. The third-order valence-electron chi connectivity index (χ3n) is 4.55. The van der Waals surface area contributed by atoms with E-state index < -0.39 is 4.92 Å². The number of hydrogen-bond donors (Lipinski definition) is 0. The van der Waals surface area contributed by atoms with E-state index in [4.69, 9.17) is 0 Å². The van der Waals surface area contributed by atoms with Crippen molar-refractivity contribution < 1.29 is 9.72 Å². The first-order chi connectivity index (χ1) is 12.5. The molecular formula is C16H13BrN6O3. The van der Waals surface area contributed by atoms with Crippen molar-refractivity contribution in [1.29, 1.82) is 0 Å². The molecule has 0 spiro atoms. The molecule has 1 aliphatic rings. The van der Waals surface area contributed by atoms with Gasteiger partial charge >= 0.3 is 0 Å². The molecule has 0 saturated heterocycles. The summed E-state index contributed by atoms with van der Waals surface area (Å²) < 4.78 is 2.29. The standard InChI is InChI=1S/C16H13BrN6O3/c1-9-12-6-18-7-14(23(25)26)11(12)2-3-21(9)16(24)13-4-15-19-5-10(17)8-22(15)20-13/h4-9H,2-3H2,1H3. The van der Waals surface area contributed by atoms with Crippen LogP contribution in [0.15, 0.2) is 35.3 Å². The first-order valence-electron chi connectivity index (χ1n) is 7.89. The number of hydrogen-bond acceptors (Lipinski definition) is 6. The second-order valence-electron chi connectivity index (χ2n) is 6.01. The maximum atomic E-state index is 12.9. The van der Waals surface area contributed by atoms with Gasteiger partial charge in [-0.25, -0.2) is 9.50 Å². The van der Waals surface area contributed by atoms with Gasteiger partial charge < -0.3 is 4.90 Å². The molecule has 26 heavy (non-hydrogen) atoms. The zero-order chi connectivity index (χ0) is 18.4.